The number of hydrazone groups is 1. The van der Waals surface area contributed by atoms with Crippen molar-refractivity contribution in [2.24, 2.45) is 5.10 Å². The Hall–Kier alpha value is -2.82. The van der Waals surface area contributed by atoms with Gasteiger partial charge in [0.05, 0.1) is 6.21 Å². The third-order valence-corrected chi connectivity index (χ3v) is 6.40. The maximum absolute atomic E-state index is 5.99. The zero-order chi connectivity index (χ0) is 21.2. The van der Waals surface area contributed by atoms with Crippen molar-refractivity contribution in [3.8, 4) is 0 Å². The van der Waals surface area contributed by atoms with Crippen LogP contribution in [-0.4, -0.2) is 46.9 Å². The molecule has 1 fully saturated rings. The van der Waals surface area contributed by atoms with E-state index in [0.717, 1.165) is 49.9 Å². The summed E-state index contributed by atoms with van der Waals surface area (Å²) in [7, 11) is 0. The zero-order valence-corrected chi connectivity index (χ0v) is 18.6. The second-order valence-electron chi connectivity index (χ2n) is 8.14. The maximum atomic E-state index is 5.99. The summed E-state index contributed by atoms with van der Waals surface area (Å²) in [5.74, 6) is 0. The van der Waals surface area contributed by atoms with E-state index in [4.69, 9.17) is 16.7 Å². The standard InChI is InChI=1S/C26H27ClN4/c1-2-31-25-6-4-3-5-23(25)24-17-21(9-12-26(24)31)18-28-30-15-13-29(14-16-30)19-20-7-10-22(27)11-8-20/h3-12,17-18H,2,13-16,19H2,1H3. The van der Waals surface area contributed by atoms with Crippen LogP contribution in [0, 0.1) is 0 Å². The van der Waals surface area contributed by atoms with Crippen molar-refractivity contribution in [3.05, 3.63) is 82.9 Å². The average Bonchev–Trinajstić information content (AvgIpc) is 3.13. The van der Waals surface area contributed by atoms with Gasteiger partial charge in [0.1, 0.15) is 0 Å². The number of rotatable bonds is 5. The molecular formula is C26H27ClN4. The lowest BCUT2D eigenvalue weighted by Gasteiger charge is -2.33. The highest BCUT2D eigenvalue weighted by Crippen LogP contribution is 2.29. The van der Waals surface area contributed by atoms with Crippen molar-refractivity contribution in [3.63, 3.8) is 0 Å². The first kappa shape index (κ1) is 20.1. The minimum Gasteiger partial charge on any atom is -0.341 e. The lowest BCUT2D eigenvalue weighted by atomic mass is 10.1. The number of halogens is 1. The fourth-order valence-electron chi connectivity index (χ4n) is 4.50. The number of piperazine rings is 1. The van der Waals surface area contributed by atoms with Crippen molar-refractivity contribution in [2.45, 2.75) is 20.0 Å². The molecule has 0 bridgehead atoms. The fourth-order valence-corrected chi connectivity index (χ4v) is 4.63. The smallest absolute Gasteiger partial charge is 0.0543 e. The van der Waals surface area contributed by atoms with Crippen molar-refractivity contribution in [1.29, 1.82) is 0 Å². The van der Waals surface area contributed by atoms with Gasteiger partial charge in [-0.15, -0.1) is 0 Å². The summed E-state index contributed by atoms with van der Waals surface area (Å²) in [6.07, 6.45) is 2.01. The summed E-state index contributed by atoms with van der Waals surface area (Å²) in [6, 6.07) is 23.5. The van der Waals surface area contributed by atoms with E-state index in [-0.39, 0.29) is 0 Å². The van der Waals surface area contributed by atoms with E-state index in [1.807, 2.05) is 18.3 Å². The number of aryl methyl sites for hydroxylation is 1. The van der Waals surface area contributed by atoms with Crippen LogP contribution in [0.5, 0.6) is 0 Å². The fraction of sp³-hybridized carbons (Fsp3) is 0.269. The van der Waals surface area contributed by atoms with Gasteiger partial charge in [-0.05, 0) is 48.4 Å². The molecule has 0 amide bonds. The Balaban J connectivity index is 1.27. The summed E-state index contributed by atoms with van der Waals surface area (Å²) >= 11 is 5.99. The van der Waals surface area contributed by atoms with E-state index < -0.39 is 0 Å². The van der Waals surface area contributed by atoms with E-state index in [0.29, 0.717) is 0 Å². The van der Waals surface area contributed by atoms with Gasteiger partial charge in [-0.2, -0.15) is 5.10 Å². The van der Waals surface area contributed by atoms with Gasteiger partial charge in [-0.3, -0.25) is 9.91 Å². The highest BCUT2D eigenvalue weighted by atomic mass is 35.5. The quantitative estimate of drug-likeness (QED) is 0.384. The second-order valence-corrected chi connectivity index (χ2v) is 8.58. The van der Waals surface area contributed by atoms with Gasteiger partial charge in [0.25, 0.3) is 0 Å². The Morgan fingerprint density at radius 2 is 1.61 bits per heavy atom. The summed E-state index contributed by atoms with van der Waals surface area (Å²) in [5, 5.41) is 10.4. The molecule has 31 heavy (non-hydrogen) atoms. The first-order chi connectivity index (χ1) is 15.2. The Bertz CT molecular complexity index is 1220. The number of aromatic nitrogens is 1. The molecule has 1 aromatic heterocycles. The number of nitrogens with zero attached hydrogens (tertiary/aromatic N) is 4. The Kier molecular flexibility index (Phi) is 5.66. The van der Waals surface area contributed by atoms with Crippen LogP contribution in [0.2, 0.25) is 5.02 Å². The van der Waals surface area contributed by atoms with Crippen LogP contribution in [0.1, 0.15) is 18.1 Å². The summed E-state index contributed by atoms with van der Waals surface area (Å²) in [4.78, 5) is 2.47. The van der Waals surface area contributed by atoms with Gasteiger partial charge in [0, 0.05) is 66.1 Å². The van der Waals surface area contributed by atoms with Gasteiger partial charge >= 0.3 is 0 Å². The largest absolute Gasteiger partial charge is 0.341 e. The lowest BCUT2D eigenvalue weighted by molar-refractivity contribution is 0.131. The van der Waals surface area contributed by atoms with Crippen LogP contribution >= 0.6 is 11.6 Å². The molecule has 1 saturated heterocycles. The number of fused-ring (bicyclic) bond motifs is 3. The molecule has 0 aliphatic carbocycles. The third kappa shape index (κ3) is 4.18. The summed E-state index contributed by atoms with van der Waals surface area (Å²) in [6.45, 7) is 8.06. The third-order valence-electron chi connectivity index (χ3n) is 6.15. The van der Waals surface area contributed by atoms with Crippen molar-refractivity contribution < 1.29 is 0 Å². The Labute approximate surface area is 188 Å². The molecule has 5 rings (SSSR count). The number of hydrogen-bond donors (Lipinski definition) is 0. The molecule has 5 heteroatoms. The molecule has 1 aliphatic heterocycles. The first-order valence-electron chi connectivity index (χ1n) is 11.0. The van der Waals surface area contributed by atoms with Crippen LogP contribution in [0.4, 0.5) is 0 Å². The second kappa shape index (κ2) is 8.74. The monoisotopic (exact) mass is 430 g/mol. The molecule has 1 aliphatic rings. The van der Waals surface area contributed by atoms with E-state index in [1.165, 1.54) is 27.4 Å². The van der Waals surface area contributed by atoms with Crippen LogP contribution in [0.25, 0.3) is 21.8 Å². The zero-order valence-electron chi connectivity index (χ0n) is 17.8. The Morgan fingerprint density at radius 1 is 0.871 bits per heavy atom. The summed E-state index contributed by atoms with van der Waals surface area (Å²) in [5.41, 5.74) is 5.04. The molecule has 0 spiro atoms. The number of para-hydroxylation sites is 1. The van der Waals surface area contributed by atoms with Crippen molar-refractivity contribution in [1.82, 2.24) is 14.5 Å². The molecular weight excluding hydrogens is 404 g/mol. The van der Waals surface area contributed by atoms with E-state index in [1.54, 1.807) is 0 Å². The van der Waals surface area contributed by atoms with Crippen LogP contribution in [0.3, 0.4) is 0 Å². The molecule has 2 heterocycles. The van der Waals surface area contributed by atoms with E-state index >= 15 is 0 Å². The van der Waals surface area contributed by atoms with Crippen LogP contribution in [0.15, 0.2) is 71.8 Å². The molecule has 4 nitrogen and oxygen atoms in total. The number of hydrogen-bond acceptors (Lipinski definition) is 3. The highest BCUT2D eigenvalue weighted by Gasteiger charge is 2.15. The highest BCUT2D eigenvalue weighted by molar-refractivity contribution is 6.30. The normalized spacial score (nSPS) is 15.5. The molecule has 0 N–H and O–H groups in total. The molecule has 158 valence electrons. The van der Waals surface area contributed by atoms with Gasteiger partial charge in [-0.1, -0.05) is 48.0 Å². The van der Waals surface area contributed by atoms with Crippen LogP contribution in [-0.2, 0) is 13.1 Å². The van der Waals surface area contributed by atoms with Crippen LogP contribution < -0.4 is 0 Å². The van der Waals surface area contributed by atoms with Gasteiger partial charge in [-0.25, -0.2) is 0 Å². The molecule has 0 radical (unpaired) electrons. The Morgan fingerprint density at radius 3 is 2.39 bits per heavy atom. The van der Waals surface area contributed by atoms with Gasteiger partial charge in [0.15, 0.2) is 0 Å². The van der Waals surface area contributed by atoms with E-state index in [2.05, 4.69) is 76.0 Å². The topological polar surface area (TPSA) is 23.8 Å². The minimum atomic E-state index is 0.792. The first-order valence-corrected chi connectivity index (χ1v) is 11.4. The molecule has 0 atom stereocenters. The van der Waals surface area contributed by atoms with Crippen molar-refractivity contribution in [2.75, 3.05) is 26.2 Å². The number of benzene rings is 3. The maximum Gasteiger partial charge on any atom is 0.0543 e. The SMILES string of the molecule is CCn1c2ccccc2c2cc(C=NN3CCN(Cc4ccc(Cl)cc4)CC3)ccc21. The van der Waals surface area contributed by atoms with Gasteiger partial charge in [0.2, 0.25) is 0 Å². The lowest BCUT2D eigenvalue weighted by Crippen LogP contribution is -2.43. The van der Waals surface area contributed by atoms with Gasteiger partial charge < -0.3 is 4.57 Å². The predicted molar refractivity (Wildman–Crippen MR) is 131 cm³/mol. The average molecular weight is 431 g/mol. The predicted octanol–water partition coefficient (Wildman–Crippen LogP) is 5.62. The molecule has 4 aromatic rings. The molecule has 0 unspecified atom stereocenters. The minimum absolute atomic E-state index is 0.792. The molecule has 3 aromatic carbocycles. The van der Waals surface area contributed by atoms with E-state index in [9.17, 15) is 0 Å². The van der Waals surface area contributed by atoms with Crippen molar-refractivity contribution >= 4 is 39.6 Å². The molecule has 0 saturated carbocycles. The summed E-state index contributed by atoms with van der Waals surface area (Å²) < 4.78 is 2.38.